The van der Waals surface area contributed by atoms with Gasteiger partial charge in [-0.05, 0) is 37.2 Å². The molecule has 0 radical (unpaired) electrons. The summed E-state index contributed by atoms with van der Waals surface area (Å²) in [6, 6.07) is 8.20. The van der Waals surface area contributed by atoms with Gasteiger partial charge in [0, 0.05) is 18.2 Å². The van der Waals surface area contributed by atoms with Gasteiger partial charge in [0.15, 0.2) is 0 Å². The van der Waals surface area contributed by atoms with Crippen molar-refractivity contribution >= 4 is 0 Å². The average molecular weight is 247 g/mol. The highest BCUT2D eigenvalue weighted by atomic mass is 16.3. The van der Waals surface area contributed by atoms with Crippen molar-refractivity contribution in [1.82, 2.24) is 5.32 Å². The topological polar surface area (TPSA) is 32.3 Å². The number of phenolic OH excluding ortho intramolecular Hbond substituents is 1. The summed E-state index contributed by atoms with van der Waals surface area (Å²) in [6.45, 7) is 5.52. The van der Waals surface area contributed by atoms with Crippen LogP contribution < -0.4 is 5.32 Å². The molecule has 2 N–H and O–H groups in total. The van der Waals surface area contributed by atoms with Crippen LogP contribution in [0, 0.1) is 5.41 Å². The first-order valence-electron chi connectivity index (χ1n) is 7.07. The molecular formula is C16H25NO. The Balaban J connectivity index is 1.85. The monoisotopic (exact) mass is 247 g/mol. The van der Waals surface area contributed by atoms with Crippen molar-refractivity contribution in [2.24, 2.45) is 5.41 Å². The van der Waals surface area contributed by atoms with Gasteiger partial charge < -0.3 is 10.4 Å². The van der Waals surface area contributed by atoms with Crippen molar-refractivity contribution in [1.29, 1.82) is 0 Å². The van der Waals surface area contributed by atoms with E-state index in [1.165, 1.54) is 32.1 Å². The Labute approximate surface area is 110 Å². The summed E-state index contributed by atoms with van der Waals surface area (Å²) in [7, 11) is 0. The number of rotatable bonds is 3. The van der Waals surface area contributed by atoms with E-state index in [1.807, 2.05) is 18.2 Å². The molecule has 100 valence electrons. The molecule has 1 aromatic carbocycles. The molecule has 0 aliphatic heterocycles. The lowest BCUT2D eigenvalue weighted by atomic mass is 9.85. The second-order valence-corrected chi connectivity index (χ2v) is 6.30. The van der Waals surface area contributed by atoms with Crippen LogP contribution >= 0.6 is 0 Å². The first-order valence-corrected chi connectivity index (χ1v) is 7.07. The zero-order chi connectivity index (χ0) is 13.0. The van der Waals surface area contributed by atoms with Gasteiger partial charge in [-0.25, -0.2) is 0 Å². The average Bonchev–Trinajstić information content (AvgIpc) is 2.50. The molecule has 1 aliphatic carbocycles. The molecule has 1 fully saturated rings. The summed E-state index contributed by atoms with van der Waals surface area (Å²) >= 11 is 0. The fourth-order valence-electron chi connectivity index (χ4n) is 2.78. The minimum absolute atomic E-state index is 0.402. The van der Waals surface area contributed by atoms with E-state index in [0.717, 1.165) is 12.1 Å². The predicted octanol–water partition coefficient (Wildman–Crippen LogP) is 3.84. The van der Waals surface area contributed by atoms with Crippen LogP contribution in [0.4, 0.5) is 0 Å². The van der Waals surface area contributed by atoms with Gasteiger partial charge in [0.25, 0.3) is 0 Å². The van der Waals surface area contributed by atoms with Gasteiger partial charge in [-0.1, -0.05) is 38.5 Å². The second-order valence-electron chi connectivity index (χ2n) is 6.30. The van der Waals surface area contributed by atoms with Crippen LogP contribution in [0.25, 0.3) is 0 Å². The Kier molecular flexibility index (Phi) is 4.28. The maximum Gasteiger partial charge on any atom is 0.120 e. The smallest absolute Gasteiger partial charge is 0.120 e. The van der Waals surface area contributed by atoms with Crippen molar-refractivity contribution in [3.05, 3.63) is 29.8 Å². The Bertz CT molecular complexity index is 386. The summed E-state index contributed by atoms with van der Waals surface area (Å²) < 4.78 is 0. The molecule has 2 heteroatoms. The van der Waals surface area contributed by atoms with Crippen molar-refractivity contribution in [3.63, 3.8) is 0 Å². The second kappa shape index (κ2) is 5.75. The van der Waals surface area contributed by atoms with E-state index in [4.69, 9.17) is 0 Å². The molecule has 2 rings (SSSR count). The molecule has 0 aromatic heterocycles. The van der Waals surface area contributed by atoms with Crippen LogP contribution in [0.2, 0.25) is 0 Å². The number of benzene rings is 1. The van der Waals surface area contributed by atoms with Gasteiger partial charge in [0.1, 0.15) is 5.75 Å². The first-order chi connectivity index (χ1) is 8.57. The molecule has 0 spiro atoms. The number of nitrogens with one attached hydrogen (secondary N) is 1. The largest absolute Gasteiger partial charge is 0.508 e. The van der Waals surface area contributed by atoms with Crippen molar-refractivity contribution in [2.75, 3.05) is 0 Å². The predicted molar refractivity (Wildman–Crippen MR) is 75.6 cm³/mol. The van der Waals surface area contributed by atoms with E-state index in [9.17, 15) is 5.11 Å². The molecule has 1 aliphatic rings. The Morgan fingerprint density at radius 2 is 2.00 bits per heavy atom. The minimum Gasteiger partial charge on any atom is -0.508 e. The quantitative estimate of drug-likeness (QED) is 0.795. The lowest BCUT2D eigenvalue weighted by Crippen LogP contribution is -2.28. The maximum absolute atomic E-state index is 9.74. The number of hydrogen-bond acceptors (Lipinski definition) is 2. The van der Waals surface area contributed by atoms with Crippen LogP contribution in [-0.4, -0.2) is 11.1 Å². The standard InChI is InChI=1S/C16H25NO/c1-16(2)10-5-7-14(9-11-16)17-12-13-6-3-4-8-15(13)18/h3-4,6,8,14,17-18H,5,7,9-12H2,1-2H3. The molecule has 0 heterocycles. The third kappa shape index (κ3) is 3.74. The van der Waals surface area contributed by atoms with Crippen LogP contribution in [0.1, 0.15) is 51.5 Å². The van der Waals surface area contributed by atoms with E-state index >= 15 is 0 Å². The molecule has 0 amide bonds. The van der Waals surface area contributed by atoms with Crippen LogP contribution in [0.3, 0.4) is 0 Å². The zero-order valence-corrected chi connectivity index (χ0v) is 11.6. The Hall–Kier alpha value is -1.02. The van der Waals surface area contributed by atoms with E-state index in [1.54, 1.807) is 6.07 Å². The van der Waals surface area contributed by atoms with Gasteiger partial charge in [0.05, 0.1) is 0 Å². The first kappa shape index (κ1) is 13.4. The van der Waals surface area contributed by atoms with E-state index in [0.29, 0.717) is 17.2 Å². The molecule has 0 bridgehead atoms. The summed E-state index contributed by atoms with van der Waals surface area (Å²) in [5.74, 6) is 0.402. The van der Waals surface area contributed by atoms with E-state index in [-0.39, 0.29) is 0 Å². The number of aromatic hydroxyl groups is 1. The summed E-state index contributed by atoms with van der Waals surface area (Å²) in [5, 5.41) is 13.3. The van der Waals surface area contributed by atoms with Crippen molar-refractivity contribution < 1.29 is 5.11 Å². The molecule has 1 aromatic rings. The van der Waals surface area contributed by atoms with E-state index in [2.05, 4.69) is 19.2 Å². The SMILES string of the molecule is CC1(C)CCCC(NCc2ccccc2O)CC1. The molecular weight excluding hydrogens is 222 g/mol. The van der Waals surface area contributed by atoms with Gasteiger partial charge >= 0.3 is 0 Å². The fraction of sp³-hybridized carbons (Fsp3) is 0.625. The third-order valence-electron chi connectivity index (χ3n) is 4.15. The van der Waals surface area contributed by atoms with Gasteiger partial charge in [-0.3, -0.25) is 0 Å². The highest BCUT2D eigenvalue weighted by Crippen LogP contribution is 2.33. The summed E-state index contributed by atoms with van der Waals surface area (Å²) in [6.07, 6.45) is 6.45. The Morgan fingerprint density at radius 3 is 2.78 bits per heavy atom. The zero-order valence-electron chi connectivity index (χ0n) is 11.6. The molecule has 18 heavy (non-hydrogen) atoms. The van der Waals surface area contributed by atoms with Crippen molar-refractivity contribution in [3.8, 4) is 5.75 Å². The summed E-state index contributed by atoms with van der Waals surface area (Å²) in [4.78, 5) is 0. The fourth-order valence-corrected chi connectivity index (χ4v) is 2.78. The van der Waals surface area contributed by atoms with E-state index < -0.39 is 0 Å². The molecule has 0 saturated heterocycles. The van der Waals surface area contributed by atoms with Gasteiger partial charge in [0.2, 0.25) is 0 Å². The van der Waals surface area contributed by atoms with Crippen LogP contribution in [0.5, 0.6) is 5.75 Å². The minimum atomic E-state index is 0.402. The van der Waals surface area contributed by atoms with Gasteiger partial charge in [-0.2, -0.15) is 0 Å². The van der Waals surface area contributed by atoms with Crippen LogP contribution in [-0.2, 0) is 6.54 Å². The lowest BCUT2D eigenvalue weighted by Gasteiger charge is -2.22. The molecule has 1 saturated carbocycles. The maximum atomic E-state index is 9.74. The van der Waals surface area contributed by atoms with Crippen LogP contribution in [0.15, 0.2) is 24.3 Å². The van der Waals surface area contributed by atoms with Crippen molar-refractivity contribution in [2.45, 2.75) is 58.5 Å². The highest BCUT2D eigenvalue weighted by Gasteiger charge is 2.23. The highest BCUT2D eigenvalue weighted by molar-refractivity contribution is 5.31. The Morgan fingerprint density at radius 1 is 1.22 bits per heavy atom. The molecule has 1 unspecified atom stereocenters. The normalized spacial score (nSPS) is 23.6. The number of phenols is 1. The number of para-hydroxylation sites is 1. The number of hydrogen-bond donors (Lipinski definition) is 2. The molecule has 2 nitrogen and oxygen atoms in total. The third-order valence-corrected chi connectivity index (χ3v) is 4.15. The lowest BCUT2D eigenvalue weighted by molar-refractivity contribution is 0.309. The molecule has 1 atom stereocenters. The van der Waals surface area contributed by atoms with Gasteiger partial charge in [-0.15, -0.1) is 0 Å². The summed E-state index contributed by atoms with van der Waals surface area (Å²) in [5.41, 5.74) is 1.51.